The molecule has 0 aromatic carbocycles. The summed E-state index contributed by atoms with van der Waals surface area (Å²) >= 11 is 0. The Kier molecular flexibility index (Phi) is 3.80. The monoisotopic (exact) mass is 271 g/mol. The molecule has 0 aromatic heterocycles. The summed E-state index contributed by atoms with van der Waals surface area (Å²) in [5, 5.41) is 2.82. The molecule has 1 aliphatic carbocycles. The van der Waals surface area contributed by atoms with Crippen molar-refractivity contribution in [3.8, 4) is 0 Å². The van der Waals surface area contributed by atoms with E-state index in [1.807, 2.05) is 34.6 Å². The Balaban J connectivity index is 1.80. The molecular weight excluding hydrogens is 246 g/mol. The van der Waals surface area contributed by atoms with E-state index >= 15 is 0 Å². The van der Waals surface area contributed by atoms with Crippen LogP contribution in [0.5, 0.6) is 0 Å². The largest absolute Gasteiger partial charge is 0.444 e. The summed E-state index contributed by atoms with van der Waals surface area (Å²) in [5.41, 5.74) is -0.461. The molecule has 1 N–H and O–H groups in total. The second kappa shape index (κ2) is 4.94. The first-order valence-corrected chi connectivity index (χ1v) is 6.99. The Labute approximate surface area is 115 Å². The van der Waals surface area contributed by atoms with Crippen LogP contribution in [0, 0.1) is 5.92 Å². The van der Waals surface area contributed by atoms with Crippen LogP contribution in [0.3, 0.4) is 0 Å². The first-order chi connectivity index (χ1) is 8.66. The van der Waals surface area contributed by atoms with Gasteiger partial charge in [-0.25, -0.2) is 4.79 Å². The summed E-state index contributed by atoms with van der Waals surface area (Å²) in [4.78, 5) is 11.6. The topological polar surface area (TPSA) is 56.8 Å². The first kappa shape index (κ1) is 14.6. The van der Waals surface area contributed by atoms with Crippen LogP contribution >= 0.6 is 0 Å². The Morgan fingerprint density at radius 3 is 2.63 bits per heavy atom. The summed E-state index contributed by atoms with van der Waals surface area (Å²) < 4.78 is 17.0. The molecule has 3 atom stereocenters. The van der Waals surface area contributed by atoms with E-state index in [9.17, 15) is 4.79 Å². The van der Waals surface area contributed by atoms with Crippen molar-refractivity contribution in [2.45, 2.75) is 71.1 Å². The van der Waals surface area contributed by atoms with Crippen LogP contribution in [0.1, 0.15) is 47.5 Å². The van der Waals surface area contributed by atoms with Gasteiger partial charge in [-0.05, 0) is 47.5 Å². The van der Waals surface area contributed by atoms with Crippen molar-refractivity contribution in [2.24, 2.45) is 5.92 Å². The quantitative estimate of drug-likeness (QED) is 0.838. The summed E-state index contributed by atoms with van der Waals surface area (Å²) in [6.45, 7) is 10.0. The number of carbonyl (C=O) groups is 1. The predicted molar refractivity (Wildman–Crippen MR) is 70.8 cm³/mol. The van der Waals surface area contributed by atoms with Gasteiger partial charge >= 0.3 is 6.09 Å². The molecule has 0 aromatic rings. The third-order valence-corrected chi connectivity index (χ3v) is 3.42. The number of hydrogen-bond acceptors (Lipinski definition) is 4. The molecule has 1 saturated carbocycles. The van der Waals surface area contributed by atoms with E-state index < -0.39 is 11.4 Å². The zero-order valence-electron chi connectivity index (χ0n) is 12.5. The van der Waals surface area contributed by atoms with Crippen LogP contribution in [-0.4, -0.2) is 36.2 Å². The molecule has 0 unspecified atom stereocenters. The fourth-order valence-corrected chi connectivity index (χ4v) is 2.78. The average Bonchev–Trinajstić information content (AvgIpc) is 2.67. The third kappa shape index (κ3) is 3.83. The lowest BCUT2D eigenvalue weighted by Gasteiger charge is -2.23. The van der Waals surface area contributed by atoms with E-state index in [0.29, 0.717) is 12.5 Å². The highest BCUT2D eigenvalue weighted by Crippen LogP contribution is 2.41. The van der Waals surface area contributed by atoms with Crippen molar-refractivity contribution in [3.05, 3.63) is 0 Å². The zero-order valence-corrected chi connectivity index (χ0v) is 12.5. The number of ether oxygens (including phenoxy) is 3. The molecule has 5 heteroatoms. The van der Waals surface area contributed by atoms with Crippen molar-refractivity contribution in [3.63, 3.8) is 0 Å². The van der Waals surface area contributed by atoms with E-state index in [0.717, 1.165) is 12.8 Å². The highest BCUT2D eigenvalue weighted by atomic mass is 16.8. The molecule has 0 spiro atoms. The van der Waals surface area contributed by atoms with Crippen molar-refractivity contribution >= 4 is 6.09 Å². The van der Waals surface area contributed by atoms with Crippen LogP contribution in [0.4, 0.5) is 4.79 Å². The molecule has 2 fully saturated rings. The Hall–Kier alpha value is -0.810. The molecule has 2 rings (SSSR count). The van der Waals surface area contributed by atoms with E-state index in [1.165, 1.54) is 0 Å². The van der Waals surface area contributed by atoms with Gasteiger partial charge in [-0.3, -0.25) is 0 Å². The molecule has 1 amide bonds. The van der Waals surface area contributed by atoms with Crippen LogP contribution in [-0.2, 0) is 14.2 Å². The summed E-state index contributed by atoms with van der Waals surface area (Å²) in [6, 6.07) is 0. The van der Waals surface area contributed by atoms with Gasteiger partial charge in [0, 0.05) is 12.5 Å². The molecule has 0 bridgehead atoms. The van der Waals surface area contributed by atoms with Gasteiger partial charge in [0.05, 0.1) is 12.2 Å². The Morgan fingerprint density at radius 1 is 1.32 bits per heavy atom. The van der Waals surface area contributed by atoms with Gasteiger partial charge in [0.2, 0.25) is 0 Å². The SMILES string of the molecule is CC(C)(C)OC(=O)NC[C@H]1CC[C@@H]2OC(C)(C)O[C@H]12. The lowest BCUT2D eigenvalue weighted by Crippen LogP contribution is -2.38. The molecule has 0 radical (unpaired) electrons. The van der Waals surface area contributed by atoms with E-state index in [1.54, 1.807) is 0 Å². The van der Waals surface area contributed by atoms with Gasteiger partial charge in [0.15, 0.2) is 5.79 Å². The first-order valence-electron chi connectivity index (χ1n) is 6.99. The molecule has 1 aliphatic heterocycles. The van der Waals surface area contributed by atoms with Crippen molar-refractivity contribution in [2.75, 3.05) is 6.54 Å². The molecule has 19 heavy (non-hydrogen) atoms. The zero-order chi connectivity index (χ0) is 14.3. The van der Waals surface area contributed by atoms with Crippen molar-refractivity contribution in [1.82, 2.24) is 5.32 Å². The van der Waals surface area contributed by atoms with Crippen LogP contribution in [0.15, 0.2) is 0 Å². The second-order valence-electron chi connectivity index (χ2n) is 6.86. The maximum atomic E-state index is 11.6. The van der Waals surface area contributed by atoms with Crippen LogP contribution in [0.25, 0.3) is 0 Å². The van der Waals surface area contributed by atoms with Gasteiger partial charge in [0.1, 0.15) is 5.60 Å². The molecule has 110 valence electrons. The van der Waals surface area contributed by atoms with Crippen LogP contribution < -0.4 is 5.32 Å². The van der Waals surface area contributed by atoms with Gasteiger partial charge in [-0.2, -0.15) is 0 Å². The number of hydrogen-bond donors (Lipinski definition) is 1. The van der Waals surface area contributed by atoms with Crippen LogP contribution in [0.2, 0.25) is 0 Å². The minimum atomic E-state index is -0.500. The van der Waals surface area contributed by atoms with Crippen molar-refractivity contribution < 1.29 is 19.0 Å². The fraction of sp³-hybridized carbons (Fsp3) is 0.929. The highest BCUT2D eigenvalue weighted by Gasteiger charge is 2.48. The number of rotatable bonds is 2. The van der Waals surface area contributed by atoms with Gasteiger partial charge in [0.25, 0.3) is 0 Å². The summed E-state index contributed by atoms with van der Waals surface area (Å²) in [7, 11) is 0. The number of fused-ring (bicyclic) bond motifs is 1. The van der Waals surface area contributed by atoms with Crippen molar-refractivity contribution in [1.29, 1.82) is 0 Å². The lowest BCUT2D eigenvalue weighted by molar-refractivity contribution is -0.155. The lowest BCUT2D eigenvalue weighted by atomic mass is 10.1. The fourth-order valence-electron chi connectivity index (χ4n) is 2.78. The second-order valence-corrected chi connectivity index (χ2v) is 6.86. The summed E-state index contributed by atoms with van der Waals surface area (Å²) in [5.74, 6) is -0.195. The third-order valence-electron chi connectivity index (χ3n) is 3.42. The number of carbonyl (C=O) groups excluding carboxylic acids is 1. The van der Waals surface area contributed by atoms with Gasteiger partial charge < -0.3 is 19.5 Å². The van der Waals surface area contributed by atoms with E-state index in [4.69, 9.17) is 14.2 Å². The molecule has 2 aliphatic rings. The minimum absolute atomic E-state index is 0.0879. The Morgan fingerprint density at radius 2 is 2.00 bits per heavy atom. The maximum absolute atomic E-state index is 11.6. The van der Waals surface area contributed by atoms with Gasteiger partial charge in [-0.15, -0.1) is 0 Å². The highest BCUT2D eigenvalue weighted by molar-refractivity contribution is 5.67. The normalized spacial score (nSPS) is 33.0. The maximum Gasteiger partial charge on any atom is 0.407 e. The number of amides is 1. The Bertz CT molecular complexity index is 348. The molecular formula is C14H25NO4. The smallest absolute Gasteiger partial charge is 0.407 e. The van der Waals surface area contributed by atoms with Gasteiger partial charge in [-0.1, -0.05) is 0 Å². The number of alkyl carbamates (subject to hydrolysis) is 1. The average molecular weight is 271 g/mol. The summed E-state index contributed by atoms with van der Waals surface area (Å²) in [6.07, 6.45) is 1.90. The number of nitrogens with one attached hydrogen (secondary N) is 1. The standard InChI is InChI=1S/C14H25NO4/c1-13(2,3)19-12(16)15-8-9-6-7-10-11(9)18-14(4,5)17-10/h9-11H,6-8H2,1-5H3,(H,15,16)/t9-,10+,11-/m1/s1. The predicted octanol–water partition coefficient (Wildman–Crippen LogP) is 2.44. The van der Waals surface area contributed by atoms with E-state index in [-0.39, 0.29) is 18.3 Å². The molecule has 1 saturated heterocycles. The minimum Gasteiger partial charge on any atom is -0.444 e. The van der Waals surface area contributed by atoms with E-state index in [2.05, 4.69) is 5.32 Å². The molecule has 5 nitrogen and oxygen atoms in total. The molecule has 1 heterocycles.